The molecule has 10 heteroatoms. The van der Waals surface area contributed by atoms with Gasteiger partial charge in [-0.3, -0.25) is 9.78 Å². The number of carbonyl (C=O) groups is 1. The predicted molar refractivity (Wildman–Crippen MR) is 116 cm³/mol. The van der Waals surface area contributed by atoms with E-state index in [1.54, 1.807) is 13.2 Å². The van der Waals surface area contributed by atoms with Gasteiger partial charge in [0.2, 0.25) is 5.91 Å². The minimum atomic E-state index is -0.288. The van der Waals surface area contributed by atoms with Crippen molar-refractivity contribution in [1.82, 2.24) is 20.6 Å². The molecule has 0 bridgehead atoms. The molecule has 1 fully saturated rings. The lowest BCUT2D eigenvalue weighted by Gasteiger charge is -2.23. The van der Waals surface area contributed by atoms with E-state index in [2.05, 4.69) is 25.9 Å². The van der Waals surface area contributed by atoms with Crippen LogP contribution in [0.25, 0.3) is 0 Å². The topological polar surface area (TPSA) is 121 Å². The molecule has 1 aliphatic heterocycles. The normalized spacial score (nSPS) is 15.8. The molecule has 2 heterocycles. The van der Waals surface area contributed by atoms with E-state index in [0.717, 1.165) is 38.3 Å². The molecule has 2 aromatic rings. The standard InChI is InChI=1S/C21H25ClN6O3/c1-30-20-6-14(2-3-24-12-17-13-25-4-5-31-17)18(22)8-19(20)28-21(29)7-15-10-27-16(9-23)11-26-15/h6,8,10-11,17,24-25H,2-5,7,12-13H2,1H3,(H,28,29)/t17-/m1/s1. The van der Waals surface area contributed by atoms with E-state index in [-0.39, 0.29) is 24.1 Å². The minimum absolute atomic E-state index is 0.0171. The summed E-state index contributed by atoms with van der Waals surface area (Å²) in [6, 6.07) is 5.41. The van der Waals surface area contributed by atoms with Gasteiger partial charge in [-0.1, -0.05) is 11.6 Å². The number of amides is 1. The Labute approximate surface area is 186 Å². The molecular formula is C21H25ClN6O3. The lowest BCUT2D eigenvalue weighted by Crippen LogP contribution is -2.44. The SMILES string of the molecule is COc1cc(CCNC[C@@H]2CNCCO2)c(Cl)cc1NC(=O)Cc1cnc(C#N)cn1. The van der Waals surface area contributed by atoms with Crippen LogP contribution >= 0.6 is 11.6 Å². The van der Waals surface area contributed by atoms with Crippen LogP contribution in [0, 0.1) is 11.3 Å². The van der Waals surface area contributed by atoms with E-state index in [4.69, 9.17) is 26.3 Å². The van der Waals surface area contributed by atoms with Crippen molar-refractivity contribution >= 4 is 23.2 Å². The lowest BCUT2D eigenvalue weighted by atomic mass is 10.1. The first-order chi connectivity index (χ1) is 15.1. The second-order valence-corrected chi connectivity index (χ2v) is 7.43. The van der Waals surface area contributed by atoms with Crippen LogP contribution in [0.2, 0.25) is 5.02 Å². The van der Waals surface area contributed by atoms with Gasteiger partial charge in [0.15, 0.2) is 5.69 Å². The van der Waals surface area contributed by atoms with Crippen LogP contribution in [0.3, 0.4) is 0 Å². The first-order valence-corrected chi connectivity index (χ1v) is 10.4. The Balaban J connectivity index is 1.55. The summed E-state index contributed by atoms with van der Waals surface area (Å²) >= 11 is 6.44. The Morgan fingerprint density at radius 3 is 2.97 bits per heavy atom. The molecule has 0 aliphatic carbocycles. The van der Waals surface area contributed by atoms with Crippen molar-refractivity contribution in [3.05, 3.63) is 46.5 Å². The molecule has 1 aromatic carbocycles. The Hall–Kier alpha value is -2.77. The molecule has 0 radical (unpaired) electrons. The number of nitrogens with one attached hydrogen (secondary N) is 3. The predicted octanol–water partition coefficient (Wildman–Crippen LogP) is 1.31. The van der Waals surface area contributed by atoms with E-state index < -0.39 is 0 Å². The van der Waals surface area contributed by atoms with Crippen molar-refractivity contribution in [2.45, 2.75) is 18.9 Å². The summed E-state index contributed by atoms with van der Waals surface area (Å²) in [5.41, 5.74) is 2.06. The van der Waals surface area contributed by atoms with Crippen molar-refractivity contribution in [2.75, 3.05) is 45.2 Å². The van der Waals surface area contributed by atoms with Crippen LogP contribution in [0.1, 0.15) is 17.0 Å². The molecule has 1 atom stereocenters. The second kappa shape index (κ2) is 11.6. The molecule has 3 N–H and O–H groups in total. The maximum Gasteiger partial charge on any atom is 0.230 e. The van der Waals surface area contributed by atoms with Crippen molar-refractivity contribution in [1.29, 1.82) is 5.26 Å². The number of ether oxygens (including phenoxy) is 2. The molecule has 164 valence electrons. The number of hydrogen-bond donors (Lipinski definition) is 3. The highest BCUT2D eigenvalue weighted by Gasteiger charge is 2.15. The molecule has 31 heavy (non-hydrogen) atoms. The summed E-state index contributed by atoms with van der Waals surface area (Å²) in [6.45, 7) is 4.00. The zero-order chi connectivity index (χ0) is 22.1. The van der Waals surface area contributed by atoms with Crippen LogP contribution in [-0.2, 0) is 22.4 Å². The van der Waals surface area contributed by atoms with Gasteiger partial charge in [0, 0.05) is 24.7 Å². The number of anilines is 1. The van der Waals surface area contributed by atoms with Gasteiger partial charge in [-0.25, -0.2) is 4.98 Å². The van der Waals surface area contributed by atoms with Gasteiger partial charge in [0.1, 0.15) is 11.8 Å². The highest BCUT2D eigenvalue weighted by atomic mass is 35.5. The number of halogens is 1. The van der Waals surface area contributed by atoms with Crippen LogP contribution in [0.15, 0.2) is 24.5 Å². The molecule has 0 saturated carbocycles. The molecule has 9 nitrogen and oxygen atoms in total. The average molecular weight is 445 g/mol. The molecule has 1 saturated heterocycles. The van der Waals surface area contributed by atoms with E-state index in [1.165, 1.54) is 12.4 Å². The largest absolute Gasteiger partial charge is 0.495 e. The Morgan fingerprint density at radius 2 is 2.29 bits per heavy atom. The molecule has 0 unspecified atom stereocenters. The average Bonchev–Trinajstić information content (AvgIpc) is 2.79. The summed E-state index contributed by atoms with van der Waals surface area (Å²) < 4.78 is 11.1. The van der Waals surface area contributed by atoms with E-state index >= 15 is 0 Å². The van der Waals surface area contributed by atoms with Crippen molar-refractivity contribution < 1.29 is 14.3 Å². The van der Waals surface area contributed by atoms with Crippen molar-refractivity contribution in [3.63, 3.8) is 0 Å². The Kier molecular flexibility index (Phi) is 8.55. The van der Waals surface area contributed by atoms with Crippen LogP contribution in [0.5, 0.6) is 5.75 Å². The zero-order valence-corrected chi connectivity index (χ0v) is 18.0. The maximum absolute atomic E-state index is 12.4. The molecule has 0 spiro atoms. The fourth-order valence-electron chi connectivity index (χ4n) is 3.15. The third-order valence-corrected chi connectivity index (χ3v) is 5.10. The number of hydrogen-bond acceptors (Lipinski definition) is 8. The third kappa shape index (κ3) is 6.87. The van der Waals surface area contributed by atoms with E-state index in [0.29, 0.717) is 28.6 Å². The molecule has 3 rings (SSSR count). The quantitative estimate of drug-likeness (QED) is 0.495. The van der Waals surface area contributed by atoms with Gasteiger partial charge in [-0.15, -0.1) is 0 Å². The monoisotopic (exact) mass is 444 g/mol. The van der Waals surface area contributed by atoms with Crippen LogP contribution in [-0.4, -0.2) is 61.9 Å². The van der Waals surface area contributed by atoms with Crippen molar-refractivity contribution in [3.8, 4) is 11.8 Å². The number of nitrogens with zero attached hydrogens (tertiary/aromatic N) is 3. The van der Waals surface area contributed by atoms with Gasteiger partial charge in [-0.2, -0.15) is 5.26 Å². The molecular weight excluding hydrogens is 420 g/mol. The number of methoxy groups -OCH3 is 1. The number of rotatable bonds is 9. The lowest BCUT2D eigenvalue weighted by molar-refractivity contribution is -0.115. The molecule has 1 aliphatic rings. The third-order valence-electron chi connectivity index (χ3n) is 4.75. The smallest absolute Gasteiger partial charge is 0.230 e. The molecule has 1 aromatic heterocycles. The highest BCUT2D eigenvalue weighted by Crippen LogP contribution is 2.31. The van der Waals surface area contributed by atoms with Gasteiger partial charge in [-0.05, 0) is 30.7 Å². The fourth-order valence-corrected chi connectivity index (χ4v) is 3.41. The van der Waals surface area contributed by atoms with Crippen LogP contribution in [0.4, 0.5) is 5.69 Å². The second-order valence-electron chi connectivity index (χ2n) is 7.02. The fraction of sp³-hybridized carbons (Fsp3) is 0.429. The Bertz CT molecular complexity index is 926. The van der Waals surface area contributed by atoms with E-state index in [1.807, 2.05) is 12.1 Å². The maximum atomic E-state index is 12.4. The summed E-state index contributed by atoms with van der Waals surface area (Å²) in [7, 11) is 1.54. The van der Waals surface area contributed by atoms with Gasteiger partial charge < -0.3 is 25.4 Å². The first-order valence-electron chi connectivity index (χ1n) is 9.99. The first kappa shape index (κ1) is 22.9. The van der Waals surface area contributed by atoms with Gasteiger partial charge in [0.25, 0.3) is 0 Å². The number of carbonyl (C=O) groups excluding carboxylic acids is 1. The minimum Gasteiger partial charge on any atom is -0.495 e. The number of aromatic nitrogens is 2. The summed E-state index contributed by atoms with van der Waals surface area (Å²) in [5.74, 6) is 0.238. The van der Waals surface area contributed by atoms with Gasteiger partial charge >= 0.3 is 0 Å². The highest BCUT2D eigenvalue weighted by molar-refractivity contribution is 6.31. The van der Waals surface area contributed by atoms with Gasteiger partial charge in [0.05, 0.1) is 50.0 Å². The Morgan fingerprint density at radius 1 is 1.42 bits per heavy atom. The molecule has 1 amide bonds. The zero-order valence-electron chi connectivity index (χ0n) is 17.3. The van der Waals surface area contributed by atoms with Crippen molar-refractivity contribution in [2.24, 2.45) is 0 Å². The summed E-state index contributed by atoms with van der Waals surface area (Å²) in [6.07, 6.45) is 3.65. The number of nitriles is 1. The summed E-state index contributed by atoms with van der Waals surface area (Å²) in [5, 5.41) is 18.8. The summed E-state index contributed by atoms with van der Waals surface area (Å²) in [4.78, 5) is 20.4. The number of morpholine rings is 1. The number of benzene rings is 1. The van der Waals surface area contributed by atoms with E-state index in [9.17, 15) is 4.79 Å². The van der Waals surface area contributed by atoms with Crippen LogP contribution < -0.4 is 20.7 Å².